The zero-order valence-corrected chi connectivity index (χ0v) is 14.6. The quantitative estimate of drug-likeness (QED) is 0.292. The van der Waals surface area contributed by atoms with Crippen LogP contribution in [0, 0.1) is 0 Å². The summed E-state index contributed by atoms with van der Waals surface area (Å²) in [5, 5.41) is 10.7. The molecule has 1 N–H and O–H groups in total. The van der Waals surface area contributed by atoms with E-state index in [1.54, 1.807) is 12.3 Å². The van der Waals surface area contributed by atoms with E-state index in [1.165, 1.54) is 11.3 Å². The minimum Gasteiger partial charge on any atom is -0.266 e. The van der Waals surface area contributed by atoms with E-state index in [1.807, 2.05) is 60.0 Å². The summed E-state index contributed by atoms with van der Waals surface area (Å²) >= 11 is 7.97. The Labute approximate surface area is 153 Å². The maximum Gasteiger partial charge on any atom is 0.281 e. The van der Waals surface area contributed by atoms with Crippen LogP contribution in [0.1, 0.15) is 15.2 Å². The van der Waals surface area contributed by atoms with E-state index in [2.05, 4.69) is 10.5 Å². The van der Waals surface area contributed by atoms with Crippen molar-refractivity contribution in [3.63, 3.8) is 0 Å². The molecule has 0 bridgehead atoms. The molecular formula is C20H13ClN2OS. The first kappa shape index (κ1) is 15.8. The predicted molar refractivity (Wildman–Crippen MR) is 106 cm³/mol. The van der Waals surface area contributed by atoms with Crippen LogP contribution in [-0.2, 0) is 0 Å². The van der Waals surface area contributed by atoms with Gasteiger partial charge in [0.1, 0.15) is 0 Å². The highest BCUT2D eigenvalue weighted by atomic mass is 35.5. The van der Waals surface area contributed by atoms with Gasteiger partial charge < -0.3 is 0 Å². The number of rotatable bonds is 3. The Morgan fingerprint density at radius 3 is 2.08 bits per heavy atom. The molecule has 1 aromatic heterocycles. The topological polar surface area (TPSA) is 41.5 Å². The van der Waals surface area contributed by atoms with Crippen molar-refractivity contribution < 1.29 is 4.79 Å². The van der Waals surface area contributed by atoms with Crippen molar-refractivity contribution in [2.75, 3.05) is 0 Å². The second-order valence-corrected chi connectivity index (χ2v) is 6.82. The number of fused-ring (bicyclic) bond motifs is 2. The molecule has 25 heavy (non-hydrogen) atoms. The lowest BCUT2D eigenvalue weighted by molar-refractivity contribution is 0.0959. The van der Waals surface area contributed by atoms with E-state index in [0.717, 1.165) is 32.1 Å². The second kappa shape index (κ2) is 6.67. The van der Waals surface area contributed by atoms with Crippen molar-refractivity contribution in [2.24, 2.45) is 5.10 Å². The average molecular weight is 365 g/mol. The molecule has 4 aromatic rings. The summed E-state index contributed by atoms with van der Waals surface area (Å²) in [6, 6.07) is 19.5. The molecule has 3 aromatic carbocycles. The molecule has 0 spiro atoms. The summed E-state index contributed by atoms with van der Waals surface area (Å²) in [6.07, 6.45) is 1.69. The molecule has 0 radical (unpaired) electrons. The molecule has 0 saturated carbocycles. The van der Waals surface area contributed by atoms with Gasteiger partial charge in [0.2, 0.25) is 0 Å². The van der Waals surface area contributed by atoms with Crippen LogP contribution in [0.4, 0.5) is 0 Å². The zero-order valence-electron chi connectivity index (χ0n) is 13.1. The van der Waals surface area contributed by atoms with Crippen LogP contribution in [0.25, 0.3) is 21.5 Å². The number of hydrogen-bond acceptors (Lipinski definition) is 3. The molecule has 0 unspecified atom stereocenters. The van der Waals surface area contributed by atoms with Crippen molar-refractivity contribution in [1.29, 1.82) is 0 Å². The number of thiophene rings is 1. The summed E-state index contributed by atoms with van der Waals surface area (Å²) in [5.74, 6) is -0.214. The molecule has 0 saturated heterocycles. The lowest BCUT2D eigenvalue weighted by atomic mass is 9.97. The molecular weight excluding hydrogens is 352 g/mol. The minimum absolute atomic E-state index is 0.214. The monoisotopic (exact) mass is 364 g/mol. The molecule has 3 nitrogen and oxygen atoms in total. The maximum atomic E-state index is 12.0. The van der Waals surface area contributed by atoms with E-state index in [9.17, 15) is 4.79 Å². The smallest absolute Gasteiger partial charge is 0.266 e. The van der Waals surface area contributed by atoms with Crippen molar-refractivity contribution in [1.82, 2.24) is 5.43 Å². The number of carbonyl (C=O) groups excluding carboxylic acids is 1. The van der Waals surface area contributed by atoms with Crippen molar-refractivity contribution >= 4 is 56.6 Å². The van der Waals surface area contributed by atoms with E-state index in [4.69, 9.17) is 11.6 Å². The molecule has 0 aliphatic carbocycles. The molecule has 1 heterocycles. The molecule has 1 amide bonds. The first-order valence-corrected chi connectivity index (χ1v) is 8.97. The van der Waals surface area contributed by atoms with Crippen molar-refractivity contribution in [3.8, 4) is 0 Å². The van der Waals surface area contributed by atoms with Crippen molar-refractivity contribution in [2.45, 2.75) is 0 Å². The maximum absolute atomic E-state index is 12.0. The fourth-order valence-corrected chi connectivity index (χ4v) is 3.81. The van der Waals surface area contributed by atoms with Crippen LogP contribution in [0.5, 0.6) is 0 Å². The van der Waals surface area contributed by atoms with Crippen LogP contribution in [0.2, 0.25) is 5.02 Å². The fraction of sp³-hybridized carbons (Fsp3) is 0. The first-order valence-electron chi connectivity index (χ1n) is 7.71. The number of halogens is 1. The van der Waals surface area contributed by atoms with Gasteiger partial charge in [0.25, 0.3) is 5.91 Å². The first-order chi connectivity index (χ1) is 12.3. The summed E-state index contributed by atoms with van der Waals surface area (Å²) < 4.78 is 0. The minimum atomic E-state index is -0.214. The van der Waals surface area contributed by atoms with Gasteiger partial charge in [-0.25, -0.2) is 5.43 Å². The van der Waals surface area contributed by atoms with E-state index in [0.29, 0.717) is 4.88 Å². The van der Waals surface area contributed by atoms with Crippen LogP contribution in [0.3, 0.4) is 0 Å². The van der Waals surface area contributed by atoms with Crippen LogP contribution in [0.15, 0.2) is 71.1 Å². The standard InChI is InChI=1S/C20H13ClN2OS/c21-19-15-8-3-1-6-13(15)17(14-7-2-4-9-16(14)19)12-22-23-20(24)18-10-5-11-25-18/h1-12H,(H,23,24). The number of hydrogen-bond donors (Lipinski definition) is 1. The van der Waals surface area contributed by atoms with Gasteiger partial charge in [-0.15, -0.1) is 11.3 Å². The number of carbonyl (C=O) groups is 1. The number of nitrogens with zero attached hydrogens (tertiary/aromatic N) is 1. The molecule has 122 valence electrons. The fourth-order valence-electron chi connectivity index (χ4n) is 2.87. The van der Waals surface area contributed by atoms with Gasteiger partial charge in [-0.05, 0) is 22.2 Å². The second-order valence-electron chi connectivity index (χ2n) is 5.50. The average Bonchev–Trinajstić information content (AvgIpc) is 3.19. The van der Waals surface area contributed by atoms with Crippen molar-refractivity contribution in [3.05, 3.63) is 81.5 Å². The lowest BCUT2D eigenvalue weighted by Gasteiger charge is -2.10. The predicted octanol–water partition coefficient (Wildman–Crippen LogP) is 5.47. The third-order valence-electron chi connectivity index (χ3n) is 4.01. The van der Waals surface area contributed by atoms with Gasteiger partial charge >= 0.3 is 0 Å². The van der Waals surface area contributed by atoms with Crippen LogP contribution >= 0.6 is 22.9 Å². The number of amides is 1. The van der Waals surface area contributed by atoms with Gasteiger partial charge in [-0.2, -0.15) is 5.10 Å². The molecule has 0 aliphatic rings. The summed E-state index contributed by atoms with van der Waals surface area (Å²) in [4.78, 5) is 12.7. The third-order valence-corrected chi connectivity index (χ3v) is 5.29. The highest BCUT2D eigenvalue weighted by molar-refractivity contribution is 7.12. The van der Waals surface area contributed by atoms with E-state index in [-0.39, 0.29) is 5.91 Å². The SMILES string of the molecule is O=C(NN=Cc1c2ccccc2c(Cl)c2ccccc12)c1cccs1. The molecule has 5 heteroatoms. The van der Waals surface area contributed by atoms with Gasteiger partial charge in [0.15, 0.2) is 0 Å². The Hall–Kier alpha value is -2.69. The van der Waals surface area contributed by atoms with Crippen LogP contribution < -0.4 is 5.43 Å². The van der Waals surface area contributed by atoms with E-state index >= 15 is 0 Å². The summed E-state index contributed by atoms with van der Waals surface area (Å²) in [7, 11) is 0. The van der Waals surface area contributed by atoms with E-state index < -0.39 is 0 Å². The van der Waals surface area contributed by atoms with Gasteiger partial charge in [-0.1, -0.05) is 66.2 Å². The Morgan fingerprint density at radius 1 is 0.920 bits per heavy atom. The molecule has 4 rings (SSSR count). The number of benzene rings is 3. The largest absolute Gasteiger partial charge is 0.281 e. The van der Waals surface area contributed by atoms with Gasteiger partial charge in [0, 0.05) is 16.3 Å². The van der Waals surface area contributed by atoms with Gasteiger partial charge in [-0.3, -0.25) is 4.79 Å². The Morgan fingerprint density at radius 2 is 1.52 bits per heavy atom. The third kappa shape index (κ3) is 2.90. The van der Waals surface area contributed by atoms with Crippen LogP contribution in [-0.4, -0.2) is 12.1 Å². The Kier molecular flexibility index (Phi) is 4.22. The zero-order chi connectivity index (χ0) is 17.2. The summed E-state index contributed by atoms with van der Waals surface area (Å²) in [5.41, 5.74) is 3.52. The lowest BCUT2D eigenvalue weighted by Crippen LogP contribution is -2.16. The number of hydrazone groups is 1. The highest BCUT2D eigenvalue weighted by Crippen LogP contribution is 2.35. The molecule has 0 fully saturated rings. The molecule has 0 aliphatic heterocycles. The summed E-state index contributed by atoms with van der Waals surface area (Å²) in [6.45, 7) is 0. The Bertz CT molecular complexity index is 1050. The highest BCUT2D eigenvalue weighted by Gasteiger charge is 2.11. The normalized spacial score (nSPS) is 11.4. The Balaban J connectivity index is 1.81. The number of nitrogens with one attached hydrogen (secondary N) is 1. The molecule has 0 atom stereocenters. The van der Waals surface area contributed by atoms with Gasteiger partial charge in [0.05, 0.1) is 16.1 Å².